The first-order chi connectivity index (χ1) is 5.13. The van der Waals surface area contributed by atoms with Gasteiger partial charge in [0.15, 0.2) is 0 Å². The van der Waals surface area contributed by atoms with Crippen molar-refractivity contribution >= 4 is 51.2 Å². The Hall–Kier alpha value is 0.200. The molecule has 0 unspecified atom stereocenters. The van der Waals surface area contributed by atoms with Crippen LogP contribution in [0, 0.1) is 0 Å². The highest BCUT2D eigenvalue weighted by Crippen LogP contribution is 2.14. The molecule has 2 amide bonds. The van der Waals surface area contributed by atoms with Crippen molar-refractivity contribution in [2.24, 2.45) is 0 Å². The second kappa shape index (κ2) is 5.80. The van der Waals surface area contributed by atoms with Crippen molar-refractivity contribution < 1.29 is 9.59 Å². The first kappa shape index (κ1) is 11.2. The first-order valence-electron chi connectivity index (χ1n) is 2.77. The summed E-state index contributed by atoms with van der Waals surface area (Å²) in [6, 6.07) is 0. The molecule has 1 aliphatic rings. The van der Waals surface area contributed by atoms with Gasteiger partial charge in [-0.3, -0.25) is 9.59 Å². The second-order valence-electron chi connectivity index (χ2n) is 1.67. The van der Waals surface area contributed by atoms with E-state index in [1.807, 2.05) is 0 Å². The molecule has 0 aliphatic carbocycles. The molecule has 1 rings (SSSR count). The van der Waals surface area contributed by atoms with E-state index in [4.69, 9.17) is 23.2 Å². The van der Waals surface area contributed by atoms with Gasteiger partial charge in [0, 0.05) is 12.8 Å². The van der Waals surface area contributed by atoms with Crippen LogP contribution < -0.4 is 0 Å². The van der Waals surface area contributed by atoms with Gasteiger partial charge in [-0.2, -0.15) is 0 Å². The predicted octanol–water partition coefficient (Wildman–Crippen LogP) is 1.87. The Balaban J connectivity index is 0.000000292. The number of alkyl halides is 2. The van der Waals surface area contributed by atoms with Crippen LogP contribution in [-0.4, -0.2) is 21.1 Å². The van der Waals surface area contributed by atoms with E-state index in [9.17, 15) is 9.59 Å². The third kappa shape index (κ3) is 3.94. The summed E-state index contributed by atoms with van der Waals surface area (Å²) in [5, 5.41) is 0.194. The molecule has 0 bridgehead atoms. The average Bonchev–Trinajstić information content (AvgIpc) is 2.22. The number of amides is 2. The normalized spacial score (nSPS) is 16.5. The van der Waals surface area contributed by atoms with Gasteiger partial charge in [0.25, 0.3) is 0 Å². The standard InChI is InChI=1S/C4H4BrNO2.CH2Cl2/c5-6-3(7)1-2-4(6)8;2-1-3/h1-2H2;1H2. The summed E-state index contributed by atoms with van der Waals surface area (Å²) in [6.45, 7) is 0. The molecule has 64 valence electrons. The van der Waals surface area contributed by atoms with Crippen LogP contribution in [0.5, 0.6) is 0 Å². The number of carbonyl (C=O) groups is 2. The van der Waals surface area contributed by atoms with Crippen LogP contribution >= 0.6 is 39.3 Å². The van der Waals surface area contributed by atoms with Crippen LogP contribution in [0.15, 0.2) is 0 Å². The third-order valence-corrected chi connectivity index (χ3v) is 1.78. The van der Waals surface area contributed by atoms with Gasteiger partial charge in [-0.05, 0) is 0 Å². The summed E-state index contributed by atoms with van der Waals surface area (Å²) >= 11 is 12.3. The maximum atomic E-state index is 10.4. The molecule has 11 heavy (non-hydrogen) atoms. The Morgan fingerprint density at radius 3 is 1.64 bits per heavy atom. The van der Waals surface area contributed by atoms with Crippen LogP contribution in [0.1, 0.15) is 12.8 Å². The number of carbonyl (C=O) groups excluding carboxylic acids is 2. The lowest BCUT2D eigenvalue weighted by molar-refractivity contribution is -0.131. The SMILES string of the molecule is ClCCl.O=C1CCC(=O)N1Br. The number of rotatable bonds is 0. The van der Waals surface area contributed by atoms with Gasteiger partial charge in [-0.15, -0.1) is 23.2 Å². The molecule has 6 heteroatoms. The zero-order chi connectivity index (χ0) is 8.85. The van der Waals surface area contributed by atoms with Crippen molar-refractivity contribution in [3.8, 4) is 0 Å². The number of hydrogen-bond acceptors (Lipinski definition) is 2. The Bertz CT molecular complexity index is 149. The lowest BCUT2D eigenvalue weighted by Crippen LogP contribution is -2.16. The molecule has 1 saturated heterocycles. The zero-order valence-corrected chi connectivity index (χ0v) is 8.62. The molecule has 1 fully saturated rings. The molecule has 0 aromatic heterocycles. The van der Waals surface area contributed by atoms with Crippen molar-refractivity contribution in [3.63, 3.8) is 0 Å². The lowest BCUT2D eigenvalue weighted by atomic mass is 10.4. The highest BCUT2D eigenvalue weighted by Gasteiger charge is 2.26. The van der Waals surface area contributed by atoms with E-state index in [1.54, 1.807) is 0 Å². The minimum Gasteiger partial charge on any atom is -0.274 e. The molecule has 0 N–H and O–H groups in total. The molecule has 0 saturated carbocycles. The largest absolute Gasteiger partial charge is 0.274 e. The molecule has 0 spiro atoms. The monoisotopic (exact) mass is 261 g/mol. The topological polar surface area (TPSA) is 37.4 Å². The first-order valence-corrected chi connectivity index (χ1v) is 4.54. The Morgan fingerprint density at radius 1 is 1.27 bits per heavy atom. The smallest absolute Gasteiger partial charge is 0.239 e. The summed E-state index contributed by atoms with van der Waals surface area (Å²) in [5.41, 5.74) is 0. The van der Waals surface area contributed by atoms with E-state index >= 15 is 0 Å². The maximum absolute atomic E-state index is 10.4. The van der Waals surface area contributed by atoms with Gasteiger partial charge >= 0.3 is 0 Å². The second-order valence-corrected chi connectivity index (χ2v) is 3.19. The van der Waals surface area contributed by atoms with Crippen molar-refractivity contribution in [3.05, 3.63) is 0 Å². The van der Waals surface area contributed by atoms with E-state index in [1.165, 1.54) is 0 Å². The molecule has 0 aromatic rings. The molecule has 1 aliphatic heterocycles. The molecular formula is C5H6BrCl2NO2. The molecule has 0 atom stereocenters. The summed E-state index contributed by atoms with van der Waals surface area (Å²) in [7, 11) is 0. The van der Waals surface area contributed by atoms with Crippen LogP contribution in [0.3, 0.4) is 0 Å². The quantitative estimate of drug-likeness (QED) is 0.380. The number of hydrogen-bond donors (Lipinski definition) is 0. The maximum Gasteiger partial charge on any atom is 0.239 e. The fourth-order valence-electron chi connectivity index (χ4n) is 0.549. The highest BCUT2D eigenvalue weighted by atomic mass is 79.9. The van der Waals surface area contributed by atoms with Gasteiger partial charge in [0.1, 0.15) is 0 Å². The zero-order valence-electron chi connectivity index (χ0n) is 5.52. The highest BCUT2D eigenvalue weighted by molar-refractivity contribution is 9.08. The van der Waals surface area contributed by atoms with E-state index in [2.05, 4.69) is 16.1 Å². The number of halogens is 3. The van der Waals surface area contributed by atoms with Crippen LogP contribution in [0.4, 0.5) is 0 Å². The van der Waals surface area contributed by atoms with E-state index in [0.29, 0.717) is 12.8 Å². The van der Waals surface area contributed by atoms with Crippen LogP contribution in [0.2, 0.25) is 0 Å². The van der Waals surface area contributed by atoms with Gasteiger partial charge in [-0.25, -0.2) is 3.93 Å². The molecule has 3 nitrogen and oxygen atoms in total. The van der Waals surface area contributed by atoms with Gasteiger partial charge in [-0.1, -0.05) is 0 Å². The van der Waals surface area contributed by atoms with Crippen LogP contribution in [0.25, 0.3) is 0 Å². The van der Waals surface area contributed by atoms with Gasteiger partial charge in [0.2, 0.25) is 11.8 Å². The molecular weight excluding hydrogens is 257 g/mol. The van der Waals surface area contributed by atoms with Gasteiger partial charge in [0.05, 0.1) is 21.5 Å². The van der Waals surface area contributed by atoms with E-state index < -0.39 is 0 Å². The third-order valence-electron chi connectivity index (χ3n) is 0.991. The summed E-state index contributed by atoms with van der Waals surface area (Å²) in [5.74, 6) is -0.287. The minimum atomic E-state index is -0.144. The van der Waals surface area contributed by atoms with Crippen molar-refractivity contribution in [1.29, 1.82) is 0 Å². The van der Waals surface area contributed by atoms with E-state index in [0.717, 1.165) is 3.93 Å². The fourth-order valence-corrected chi connectivity index (χ4v) is 0.904. The summed E-state index contributed by atoms with van der Waals surface area (Å²) < 4.78 is 0.979. The average molecular weight is 263 g/mol. The van der Waals surface area contributed by atoms with Crippen molar-refractivity contribution in [2.45, 2.75) is 12.8 Å². The summed E-state index contributed by atoms with van der Waals surface area (Å²) in [4.78, 5) is 20.9. The molecule has 1 heterocycles. The minimum absolute atomic E-state index is 0.144. The fraction of sp³-hybridized carbons (Fsp3) is 0.600. The Labute approximate surface area is 83.0 Å². The Morgan fingerprint density at radius 2 is 1.55 bits per heavy atom. The molecule has 0 radical (unpaired) electrons. The van der Waals surface area contributed by atoms with Crippen molar-refractivity contribution in [2.75, 3.05) is 5.34 Å². The van der Waals surface area contributed by atoms with Gasteiger partial charge < -0.3 is 0 Å². The molecule has 0 aromatic carbocycles. The Kier molecular flexibility index (Phi) is 5.91. The van der Waals surface area contributed by atoms with Crippen LogP contribution in [-0.2, 0) is 9.59 Å². The number of nitrogens with zero attached hydrogens (tertiary/aromatic N) is 1. The summed E-state index contributed by atoms with van der Waals surface area (Å²) in [6.07, 6.45) is 0.703. The van der Waals surface area contributed by atoms with E-state index in [-0.39, 0.29) is 17.2 Å². The number of imide groups is 1. The predicted molar refractivity (Wildman–Crippen MR) is 46.6 cm³/mol. The van der Waals surface area contributed by atoms with Crippen molar-refractivity contribution in [1.82, 2.24) is 3.93 Å². The lowest BCUT2D eigenvalue weighted by Gasteiger charge is -1.97.